The molecule has 3 aromatic rings. The Labute approximate surface area is 239 Å². The standard InChI is InChI=1S/C27H22ClF6N3O5/c28-15-2-1-13-7-14(27(32,33)34)12-42-22-11-37(23(38)10-19(22)18(13)8-15)21(5-6-41-26(30)31)25(40)36-16-3-4-17(24(35)39)20(29)9-16/h1-4,8-11,14,21,26H,5-7,12H2,(H2,35,39)(H,36,40)/t14-,21?/m1/s1. The summed E-state index contributed by atoms with van der Waals surface area (Å²) in [5.41, 5.74) is 4.21. The molecule has 2 amide bonds. The highest BCUT2D eigenvalue weighted by Gasteiger charge is 2.41. The molecule has 8 nitrogen and oxygen atoms in total. The number of primary amides is 1. The number of benzene rings is 2. The number of halogens is 7. The van der Waals surface area contributed by atoms with E-state index in [-0.39, 0.29) is 33.1 Å². The molecule has 1 unspecified atom stereocenters. The second kappa shape index (κ2) is 12.4. The molecule has 0 fully saturated rings. The molecule has 4 rings (SSSR count). The summed E-state index contributed by atoms with van der Waals surface area (Å²) in [7, 11) is 0. The Balaban J connectivity index is 1.76. The van der Waals surface area contributed by atoms with Gasteiger partial charge in [-0.05, 0) is 47.9 Å². The summed E-state index contributed by atoms with van der Waals surface area (Å²) in [5.74, 6) is -5.21. The van der Waals surface area contributed by atoms with Crippen LogP contribution in [0.5, 0.6) is 5.75 Å². The first-order chi connectivity index (χ1) is 19.7. The van der Waals surface area contributed by atoms with Crippen LogP contribution in [0.4, 0.5) is 32.0 Å². The number of nitrogens with one attached hydrogen (secondary N) is 1. The molecule has 0 aliphatic carbocycles. The number of carbonyl (C=O) groups excluding carboxylic acids is 2. The van der Waals surface area contributed by atoms with Crippen molar-refractivity contribution >= 4 is 29.1 Å². The zero-order chi connectivity index (χ0) is 30.8. The van der Waals surface area contributed by atoms with Gasteiger partial charge in [0.25, 0.3) is 11.5 Å². The first-order valence-electron chi connectivity index (χ1n) is 12.3. The molecular formula is C27H22ClF6N3O5. The highest BCUT2D eigenvalue weighted by Crippen LogP contribution is 2.40. The molecule has 2 aromatic carbocycles. The largest absolute Gasteiger partial charge is 0.491 e. The number of hydrogen-bond donors (Lipinski definition) is 2. The van der Waals surface area contributed by atoms with Crippen molar-refractivity contribution in [3.8, 4) is 16.9 Å². The second-order valence-electron chi connectivity index (χ2n) is 9.34. The monoisotopic (exact) mass is 617 g/mol. The van der Waals surface area contributed by atoms with Crippen molar-refractivity contribution < 1.29 is 45.4 Å². The Bertz CT molecular complexity index is 1560. The Hall–Kier alpha value is -4.04. The maximum atomic E-state index is 14.2. The van der Waals surface area contributed by atoms with Crippen molar-refractivity contribution in [2.24, 2.45) is 11.7 Å². The summed E-state index contributed by atoms with van der Waals surface area (Å²) in [6, 6.07) is 6.63. The van der Waals surface area contributed by atoms with Crippen LogP contribution in [0.25, 0.3) is 11.1 Å². The molecule has 0 radical (unpaired) electrons. The van der Waals surface area contributed by atoms with E-state index in [0.29, 0.717) is 0 Å². The van der Waals surface area contributed by atoms with Crippen LogP contribution in [0.3, 0.4) is 0 Å². The van der Waals surface area contributed by atoms with Gasteiger partial charge in [0, 0.05) is 28.8 Å². The van der Waals surface area contributed by atoms with Gasteiger partial charge in [-0.25, -0.2) is 4.39 Å². The second-order valence-corrected chi connectivity index (χ2v) is 9.77. The van der Waals surface area contributed by atoms with Gasteiger partial charge in [-0.3, -0.25) is 19.0 Å². The number of hydrogen-bond acceptors (Lipinski definition) is 5. The average molecular weight is 618 g/mol. The molecule has 1 aliphatic rings. The lowest BCUT2D eigenvalue weighted by Gasteiger charge is -2.27. The van der Waals surface area contributed by atoms with E-state index < -0.39 is 79.6 Å². The number of nitrogens with two attached hydrogens (primary N) is 1. The fourth-order valence-electron chi connectivity index (χ4n) is 4.48. The van der Waals surface area contributed by atoms with Crippen LogP contribution in [0.1, 0.15) is 28.4 Å². The minimum absolute atomic E-state index is 0.112. The van der Waals surface area contributed by atoms with Gasteiger partial charge in [-0.15, -0.1) is 0 Å². The van der Waals surface area contributed by atoms with Gasteiger partial charge < -0.3 is 20.5 Å². The predicted molar refractivity (Wildman–Crippen MR) is 139 cm³/mol. The van der Waals surface area contributed by atoms with Crippen LogP contribution < -0.4 is 21.3 Å². The summed E-state index contributed by atoms with van der Waals surface area (Å²) in [6.45, 7) is -4.71. The average Bonchev–Trinajstić information content (AvgIpc) is 2.88. The highest BCUT2D eigenvalue weighted by molar-refractivity contribution is 6.30. The van der Waals surface area contributed by atoms with E-state index in [1.54, 1.807) is 0 Å². The number of rotatable bonds is 8. The van der Waals surface area contributed by atoms with E-state index in [1.807, 2.05) is 0 Å². The number of carbonyl (C=O) groups is 2. The van der Waals surface area contributed by atoms with E-state index >= 15 is 0 Å². The Morgan fingerprint density at radius 2 is 1.88 bits per heavy atom. The van der Waals surface area contributed by atoms with Crippen molar-refractivity contribution in [2.75, 3.05) is 18.5 Å². The zero-order valence-corrected chi connectivity index (χ0v) is 22.1. The van der Waals surface area contributed by atoms with Crippen molar-refractivity contribution in [2.45, 2.75) is 31.7 Å². The maximum absolute atomic E-state index is 14.2. The first-order valence-corrected chi connectivity index (χ1v) is 12.7. The Kier molecular flexibility index (Phi) is 9.16. The van der Waals surface area contributed by atoms with E-state index in [2.05, 4.69) is 10.1 Å². The third kappa shape index (κ3) is 7.05. The number of anilines is 1. The van der Waals surface area contributed by atoms with Crippen molar-refractivity contribution in [3.63, 3.8) is 0 Å². The fraction of sp³-hybridized carbons (Fsp3) is 0.296. The molecule has 0 saturated heterocycles. The number of pyridine rings is 1. The van der Waals surface area contributed by atoms with Crippen LogP contribution in [0, 0.1) is 11.7 Å². The molecule has 0 spiro atoms. The van der Waals surface area contributed by atoms with Crippen molar-refractivity contribution in [1.29, 1.82) is 0 Å². The molecule has 15 heteroatoms. The smallest absolute Gasteiger partial charge is 0.395 e. The summed E-state index contributed by atoms with van der Waals surface area (Å²) >= 11 is 6.10. The summed E-state index contributed by atoms with van der Waals surface area (Å²) in [5, 5.41) is 2.51. The van der Waals surface area contributed by atoms with E-state index in [4.69, 9.17) is 22.1 Å². The van der Waals surface area contributed by atoms with Gasteiger partial charge >= 0.3 is 12.8 Å². The van der Waals surface area contributed by atoms with Gasteiger partial charge in [0.2, 0.25) is 5.91 Å². The number of fused-ring (bicyclic) bond motifs is 3. The number of alkyl halides is 5. The Morgan fingerprint density at radius 3 is 2.52 bits per heavy atom. The molecule has 1 aliphatic heterocycles. The zero-order valence-electron chi connectivity index (χ0n) is 21.4. The van der Waals surface area contributed by atoms with Crippen LogP contribution in [0.2, 0.25) is 5.02 Å². The lowest BCUT2D eigenvalue weighted by Crippen LogP contribution is -2.35. The number of aromatic nitrogens is 1. The topological polar surface area (TPSA) is 113 Å². The number of amides is 2. The third-order valence-electron chi connectivity index (χ3n) is 6.55. The predicted octanol–water partition coefficient (Wildman–Crippen LogP) is 5.33. The first kappa shape index (κ1) is 30.9. The third-order valence-corrected chi connectivity index (χ3v) is 6.79. The quantitative estimate of drug-likeness (QED) is 0.332. The van der Waals surface area contributed by atoms with Crippen molar-refractivity contribution in [1.82, 2.24) is 4.57 Å². The van der Waals surface area contributed by atoms with E-state index in [9.17, 15) is 40.7 Å². The van der Waals surface area contributed by atoms with Crippen LogP contribution in [0.15, 0.2) is 53.5 Å². The van der Waals surface area contributed by atoms with E-state index in [1.165, 1.54) is 18.2 Å². The lowest BCUT2D eigenvalue weighted by atomic mass is 9.91. The van der Waals surface area contributed by atoms with Crippen molar-refractivity contribution in [3.05, 3.63) is 81.0 Å². The highest BCUT2D eigenvalue weighted by atomic mass is 35.5. The molecule has 1 aromatic heterocycles. The van der Waals surface area contributed by atoms with Gasteiger partial charge in [0.05, 0.1) is 24.3 Å². The van der Waals surface area contributed by atoms with Crippen LogP contribution in [-0.2, 0) is 16.0 Å². The SMILES string of the molecule is NC(=O)c1ccc(NC(=O)C(CCOC(F)F)n2cc3c(cc2=O)-c2cc(Cl)ccc2C[C@@H](C(F)(F)F)CO3)cc1F. The van der Waals surface area contributed by atoms with Gasteiger partial charge in [-0.1, -0.05) is 17.7 Å². The molecule has 0 bridgehead atoms. The number of nitrogens with zero attached hydrogens (tertiary/aromatic N) is 1. The molecule has 224 valence electrons. The number of ether oxygens (including phenoxy) is 2. The van der Waals surface area contributed by atoms with Crippen LogP contribution in [-0.4, -0.2) is 42.4 Å². The summed E-state index contributed by atoms with van der Waals surface area (Å²) < 4.78 is 91.4. The minimum Gasteiger partial charge on any atom is -0.491 e. The maximum Gasteiger partial charge on any atom is 0.395 e. The minimum atomic E-state index is -4.63. The van der Waals surface area contributed by atoms with Gasteiger partial charge in [0.1, 0.15) is 24.2 Å². The fourth-order valence-corrected chi connectivity index (χ4v) is 4.66. The molecule has 42 heavy (non-hydrogen) atoms. The summed E-state index contributed by atoms with van der Waals surface area (Å²) in [4.78, 5) is 37.8. The van der Waals surface area contributed by atoms with E-state index in [0.717, 1.165) is 35.0 Å². The molecule has 0 saturated carbocycles. The molecular weight excluding hydrogens is 596 g/mol. The molecule has 3 N–H and O–H groups in total. The summed E-state index contributed by atoms with van der Waals surface area (Å²) in [6.07, 6.45) is -4.56. The molecule has 2 heterocycles. The van der Waals surface area contributed by atoms with Gasteiger partial charge in [-0.2, -0.15) is 22.0 Å². The molecule has 2 atom stereocenters. The lowest BCUT2D eigenvalue weighted by molar-refractivity contribution is -0.181. The Morgan fingerprint density at radius 1 is 1.14 bits per heavy atom. The van der Waals surface area contributed by atoms with Crippen LogP contribution >= 0.6 is 11.6 Å². The van der Waals surface area contributed by atoms with Gasteiger partial charge in [0.15, 0.2) is 0 Å². The normalized spacial score (nSPS) is 15.6.